The first-order chi connectivity index (χ1) is 13.4. The van der Waals surface area contributed by atoms with Gasteiger partial charge in [0, 0.05) is 18.3 Å². The normalized spacial score (nSPS) is 10.7. The molecule has 1 heterocycles. The van der Waals surface area contributed by atoms with Crippen LogP contribution in [0.1, 0.15) is 27.3 Å². The molecule has 1 amide bonds. The van der Waals surface area contributed by atoms with Crippen molar-refractivity contribution in [3.05, 3.63) is 82.9 Å². The fourth-order valence-corrected chi connectivity index (χ4v) is 2.96. The Bertz CT molecular complexity index is 951. The molecule has 0 radical (unpaired) electrons. The fraction of sp³-hybridized carbons (Fsp3) is 0.273. The average Bonchev–Trinajstić information content (AvgIpc) is 2.99. The molecule has 5 nitrogen and oxygen atoms in total. The molecule has 0 unspecified atom stereocenters. The summed E-state index contributed by atoms with van der Waals surface area (Å²) in [5.74, 6) is 0.201. The summed E-state index contributed by atoms with van der Waals surface area (Å²) in [5.41, 5.74) is 3.71. The molecule has 0 saturated carbocycles. The number of hydrogen-bond donors (Lipinski definition) is 0. The number of hydrogen-bond acceptors (Lipinski definition) is 3. The fourth-order valence-electron chi connectivity index (χ4n) is 2.96. The molecule has 3 aromatic rings. The van der Waals surface area contributed by atoms with Crippen molar-refractivity contribution in [1.29, 1.82) is 0 Å². The highest BCUT2D eigenvalue weighted by atomic mass is 19.1. The topological polar surface area (TPSA) is 47.4 Å². The van der Waals surface area contributed by atoms with Crippen LogP contribution in [0, 0.1) is 19.7 Å². The van der Waals surface area contributed by atoms with Gasteiger partial charge in [-0.05, 0) is 61.9 Å². The highest BCUT2D eigenvalue weighted by Gasteiger charge is 2.13. The summed E-state index contributed by atoms with van der Waals surface area (Å²) < 4.78 is 20.4. The molecule has 28 heavy (non-hydrogen) atoms. The van der Waals surface area contributed by atoms with Gasteiger partial charge in [0.1, 0.15) is 18.2 Å². The van der Waals surface area contributed by atoms with Gasteiger partial charge in [0.05, 0.1) is 18.8 Å². The van der Waals surface area contributed by atoms with E-state index in [2.05, 4.69) is 5.10 Å². The van der Waals surface area contributed by atoms with Crippen LogP contribution in [0.5, 0.6) is 5.75 Å². The summed E-state index contributed by atoms with van der Waals surface area (Å²) >= 11 is 0. The van der Waals surface area contributed by atoms with Crippen LogP contribution in [0.3, 0.4) is 0 Å². The molecule has 0 saturated heterocycles. The number of aromatic nitrogens is 2. The summed E-state index contributed by atoms with van der Waals surface area (Å²) in [4.78, 5) is 14.3. The van der Waals surface area contributed by atoms with Crippen molar-refractivity contribution in [3.63, 3.8) is 0 Å². The van der Waals surface area contributed by atoms with E-state index in [0.29, 0.717) is 31.0 Å². The van der Waals surface area contributed by atoms with Crippen LogP contribution < -0.4 is 4.74 Å². The number of benzene rings is 2. The Balaban J connectivity index is 1.58. The molecule has 2 aromatic carbocycles. The quantitative estimate of drug-likeness (QED) is 0.625. The number of rotatable bonds is 7. The third-order valence-electron chi connectivity index (χ3n) is 4.47. The summed E-state index contributed by atoms with van der Waals surface area (Å²) in [6.07, 6.45) is 0. The van der Waals surface area contributed by atoms with Gasteiger partial charge in [-0.25, -0.2) is 4.39 Å². The SMILES string of the molecule is Cc1cc(C)n(Cc2cccc(C(=O)N(C)CCOc3ccc(F)cc3)c2)n1. The Labute approximate surface area is 164 Å². The Hall–Kier alpha value is -3.15. The summed E-state index contributed by atoms with van der Waals surface area (Å²) in [7, 11) is 1.74. The molecular weight excluding hydrogens is 357 g/mol. The summed E-state index contributed by atoms with van der Waals surface area (Å²) in [6, 6.07) is 15.4. The highest BCUT2D eigenvalue weighted by molar-refractivity contribution is 5.94. The van der Waals surface area contributed by atoms with Crippen LogP contribution in [-0.4, -0.2) is 40.8 Å². The van der Waals surface area contributed by atoms with Crippen molar-refractivity contribution in [2.45, 2.75) is 20.4 Å². The van der Waals surface area contributed by atoms with E-state index >= 15 is 0 Å². The predicted octanol–water partition coefficient (Wildman–Crippen LogP) is 3.84. The number of ether oxygens (including phenoxy) is 1. The molecule has 0 atom stereocenters. The van der Waals surface area contributed by atoms with E-state index < -0.39 is 0 Å². The monoisotopic (exact) mass is 381 g/mol. The molecular formula is C22H24FN3O2. The minimum absolute atomic E-state index is 0.0714. The van der Waals surface area contributed by atoms with E-state index in [1.807, 2.05) is 48.9 Å². The van der Waals surface area contributed by atoms with Crippen LogP contribution in [0.2, 0.25) is 0 Å². The Morgan fingerprint density at radius 2 is 1.89 bits per heavy atom. The first kappa shape index (κ1) is 19.6. The molecule has 0 aliphatic heterocycles. The van der Waals surface area contributed by atoms with Crippen LogP contribution in [-0.2, 0) is 6.54 Å². The zero-order valence-corrected chi connectivity index (χ0v) is 16.4. The average molecular weight is 381 g/mol. The van der Waals surface area contributed by atoms with Gasteiger partial charge in [0.2, 0.25) is 0 Å². The maximum Gasteiger partial charge on any atom is 0.253 e. The van der Waals surface area contributed by atoms with Crippen LogP contribution in [0.4, 0.5) is 4.39 Å². The van der Waals surface area contributed by atoms with Crippen molar-refractivity contribution < 1.29 is 13.9 Å². The number of halogens is 1. The van der Waals surface area contributed by atoms with Gasteiger partial charge < -0.3 is 9.64 Å². The van der Waals surface area contributed by atoms with Gasteiger partial charge >= 0.3 is 0 Å². The Kier molecular flexibility index (Phi) is 6.09. The second-order valence-corrected chi connectivity index (χ2v) is 6.81. The lowest BCUT2D eigenvalue weighted by atomic mass is 10.1. The first-order valence-electron chi connectivity index (χ1n) is 9.16. The van der Waals surface area contributed by atoms with Crippen molar-refractivity contribution in [2.24, 2.45) is 0 Å². The molecule has 6 heteroatoms. The van der Waals surface area contributed by atoms with Gasteiger partial charge in [-0.15, -0.1) is 0 Å². The molecule has 0 aliphatic carbocycles. The Morgan fingerprint density at radius 3 is 2.57 bits per heavy atom. The molecule has 0 bridgehead atoms. The van der Waals surface area contributed by atoms with E-state index in [0.717, 1.165) is 17.0 Å². The van der Waals surface area contributed by atoms with Crippen molar-refractivity contribution in [2.75, 3.05) is 20.2 Å². The van der Waals surface area contributed by atoms with E-state index in [4.69, 9.17) is 4.74 Å². The molecule has 0 N–H and O–H groups in total. The molecule has 0 fully saturated rings. The van der Waals surface area contributed by atoms with Gasteiger partial charge in [0.15, 0.2) is 0 Å². The lowest BCUT2D eigenvalue weighted by molar-refractivity contribution is 0.0773. The maximum absolute atomic E-state index is 12.9. The molecule has 1 aromatic heterocycles. The third kappa shape index (κ3) is 4.97. The van der Waals surface area contributed by atoms with Crippen molar-refractivity contribution >= 4 is 5.91 Å². The van der Waals surface area contributed by atoms with Gasteiger partial charge in [0.25, 0.3) is 5.91 Å². The molecule has 0 spiro atoms. The summed E-state index contributed by atoms with van der Waals surface area (Å²) in [6.45, 7) is 5.37. The minimum Gasteiger partial charge on any atom is -0.492 e. The van der Waals surface area contributed by atoms with Crippen LogP contribution in [0.25, 0.3) is 0 Å². The molecule has 0 aliphatic rings. The lowest BCUT2D eigenvalue weighted by Gasteiger charge is -2.18. The van der Waals surface area contributed by atoms with Crippen molar-refractivity contribution in [1.82, 2.24) is 14.7 Å². The van der Waals surface area contributed by atoms with Crippen molar-refractivity contribution in [3.8, 4) is 5.75 Å². The van der Waals surface area contributed by atoms with Gasteiger partial charge in [-0.1, -0.05) is 12.1 Å². The smallest absolute Gasteiger partial charge is 0.253 e. The summed E-state index contributed by atoms with van der Waals surface area (Å²) in [5, 5.41) is 4.47. The van der Waals surface area contributed by atoms with Gasteiger partial charge in [-0.2, -0.15) is 5.10 Å². The van der Waals surface area contributed by atoms with Crippen LogP contribution >= 0.6 is 0 Å². The highest BCUT2D eigenvalue weighted by Crippen LogP contribution is 2.13. The van der Waals surface area contributed by atoms with E-state index in [-0.39, 0.29) is 11.7 Å². The van der Waals surface area contributed by atoms with E-state index in [1.54, 1.807) is 24.1 Å². The second kappa shape index (κ2) is 8.69. The second-order valence-electron chi connectivity index (χ2n) is 6.81. The third-order valence-corrected chi connectivity index (χ3v) is 4.47. The lowest BCUT2D eigenvalue weighted by Crippen LogP contribution is -2.31. The molecule has 3 rings (SSSR count). The minimum atomic E-state index is -0.306. The number of carbonyl (C=O) groups is 1. The maximum atomic E-state index is 12.9. The largest absolute Gasteiger partial charge is 0.492 e. The van der Waals surface area contributed by atoms with Crippen LogP contribution in [0.15, 0.2) is 54.6 Å². The van der Waals surface area contributed by atoms with Gasteiger partial charge in [-0.3, -0.25) is 9.48 Å². The zero-order chi connectivity index (χ0) is 20.1. The Morgan fingerprint density at radius 1 is 1.14 bits per heavy atom. The first-order valence-corrected chi connectivity index (χ1v) is 9.16. The number of nitrogens with zero attached hydrogens (tertiary/aromatic N) is 3. The number of aryl methyl sites for hydroxylation is 2. The zero-order valence-electron chi connectivity index (χ0n) is 16.4. The van der Waals surface area contributed by atoms with E-state index in [1.165, 1.54) is 12.1 Å². The van der Waals surface area contributed by atoms with E-state index in [9.17, 15) is 9.18 Å². The predicted molar refractivity (Wildman–Crippen MR) is 106 cm³/mol. The number of likely N-dealkylation sites (N-methyl/N-ethyl adjacent to an activating group) is 1. The standard InChI is InChI=1S/C22H24FN3O2/c1-16-13-17(2)26(24-16)15-18-5-4-6-19(14-18)22(27)25(3)11-12-28-21-9-7-20(23)8-10-21/h4-10,13-14H,11-12,15H2,1-3H3. The number of amides is 1. The molecule has 146 valence electrons. The number of carbonyl (C=O) groups excluding carboxylic acids is 1.